The molecule has 1 aromatic heterocycles. The first-order chi connectivity index (χ1) is 12.3. The molecule has 0 amide bonds. The van der Waals surface area contributed by atoms with Crippen molar-refractivity contribution in [1.82, 2.24) is 4.98 Å². The van der Waals surface area contributed by atoms with Gasteiger partial charge in [0.15, 0.2) is 0 Å². The number of hydrogen-bond acceptors (Lipinski definition) is 7. The van der Waals surface area contributed by atoms with Crippen molar-refractivity contribution in [3.63, 3.8) is 0 Å². The number of nitrogens with two attached hydrogens (primary N) is 2. The van der Waals surface area contributed by atoms with Crippen LogP contribution in [0.25, 0.3) is 0 Å². The van der Waals surface area contributed by atoms with Crippen molar-refractivity contribution in [2.24, 2.45) is 11.5 Å². The van der Waals surface area contributed by atoms with Crippen molar-refractivity contribution in [2.45, 2.75) is 36.8 Å². The van der Waals surface area contributed by atoms with Crippen LogP contribution >= 0.6 is 15.2 Å². The largest absolute Gasteiger partial charge is 0.480 e. The molecule has 156 valence electrons. The van der Waals surface area contributed by atoms with Gasteiger partial charge in [-0.15, -0.1) is 0 Å². The van der Waals surface area contributed by atoms with E-state index >= 15 is 0 Å². The fourth-order valence-corrected chi connectivity index (χ4v) is 3.92. The Hall–Kier alpha value is -1.20. The molecule has 1 heterocycles. The van der Waals surface area contributed by atoms with Crippen LogP contribution in [0.2, 0.25) is 0 Å². The number of carboxylic acids is 1. The topological polar surface area (TPSA) is 238 Å². The molecule has 0 saturated carbocycles. The molecule has 0 fully saturated rings. The summed E-state index contributed by atoms with van der Waals surface area (Å²) in [5.74, 6) is -0.933. The summed E-state index contributed by atoms with van der Waals surface area (Å²) >= 11 is 0. The number of aliphatic carboxylic acids is 1. The number of aromatic nitrogens is 1. The van der Waals surface area contributed by atoms with E-state index in [-0.39, 0.29) is 5.56 Å². The molecule has 1 rings (SSSR count). The fourth-order valence-electron chi connectivity index (χ4n) is 1.78. The van der Waals surface area contributed by atoms with Crippen LogP contribution in [0.3, 0.4) is 0 Å². The lowest BCUT2D eigenvalue weighted by Crippen LogP contribution is -2.31. The second-order valence-electron chi connectivity index (χ2n) is 5.63. The SMILES string of the molecule is NCCCCC(N)C(=O)O.O=P(O)(O)C(O)(Cc1cccnc1)P(=O)(O)O. The van der Waals surface area contributed by atoms with E-state index in [0.29, 0.717) is 13.0 Å². The standard InChI is InChI=1S/C7H11NO7P2.C6H14N2O2/c9-7(16(10,11)12,17(13,14)15)4-6-2-1-3-8-5-6;7-4-2-1-3-5(8)6(9)10/h1-3,5,9H,4H2,(H2,10,11,12)(H2,13,14,15);5H,1-4,7-8H2,(H,9,10). The Bertz CT molecular complexity index is 655. The van der Waals surface area contributed by atoms with E-state index in [9.17, 15) is 19.0 Å². The number of unbranched alkanes of at least 4 members (excludes halogenated alkanes) is 1. The van der Waals surface area contributed by atoms with Crippen molar-refractivity contribution in [1.29, 1.82) is 0 Å². The van der Waals surface area contributed by atoms with Crippen LogP contribution in [-0.2, 0) is 20.3 Å². The van der Waals surface area contributed by atoms with Crippen molar-refractivity contribution in [3.8, 4) is 0 Å². The summed E-state index contributed by atoms with van der Waals surface area (Å²) < 4.78 is 22.1. The minimum atomic E-state index is -5.41. The van der Waals surface area contributed by atoms with E-state index in [1.54, 1.807) is 0 Å². The molecule has 0 aromatic carbocycles. The molecule has 0 aliphatic carbocycles. The summed E-state index contributed by atoms with van der Waals surface area (Å²) in [5.41, 5.74) is 10.5. The van der Waals surface area contributed by atoms with Gasteiger partial charge >= 0.3 is 21.2 Å². The predicted octanol–water partition coefficient (Wildman–Crippen LogP) is -0.847. The van der Waals surface area contributed by atoms with Gasteiger partial charge in [0, 0.05) is 18.8 Å². The summed E-state index contributed by atoms with van der Waals surface area (Å²) in [6.07, 6.45) is 3.79. The van der Waals surface area contributed by atoms with Crippen LogP contribution in [0.1, 0.15) is 24.8 Å². The molecule has 12 nitrogen and oxygen atoms in total. The highest BCUT2D eigenvalue weighted by molar-refractivity contribution is 7.72. The minimum absolute atomic E-state index is 0.0988. The van der Waals surface area contributed by atoms with Gasteiger partial charge in [-0.05, 0) is 31.0 Å². The molecule has 14 heteroatoms. The van der Waals surface area contributed by atoms with Crippen molar-refractivity contribution < 1.29 is 43.7 Å². The third-order valence-electron chi connectivity index (χ3n) is 3.38. The zero-order chi connectivity index (χ0) is 21.3. The van der Waals surface area contributed by atoms with E-state index in [4.69, 9.17) is 36.1 Å². The van der Waals surface area contributed by atoms with Crippen LogP contribution in [0.15, 0.2) is 24.5 Å². The Morgan fingerprint density at radius 2 is 1.74 bits per heavy atom. The highest BCUT2D eigenvalue weighted by Crippen LogP contribution is 2.68. The quantitative estimate of drug-likeness (QED) is 0.177. The van der Waals surface area contributed by atoms with E-state index in [0.717, 1.165) is 19.0 Å². The molecule has 0 bridgehead atoms. The number of carbonyl (C=O) groups is 1. The third kappa shape index (κ3) is 8.56. The van der Waals surface area contributed by atoms with Crippen LogP contribution in [0.5, 0.6) is 0 Å². The van der Waals surface area contributed by atoms with E-state index in [2.05, 4.69) is 4.98 Å². The highest BCUT2D eigenvalue weighted by atomic mass is 31.2. The second-order valence-corrected chi connectivity index (χ2v) is 9.64. The van der Waals surface area contributed by atoms with Gasteiger partial charge in [-0.1, -0.05) is 12.5 Å². The van der Waals surface area contributed by atoms with Crippen LogP contribution in [-0.4, -0.2) is 58.4 Å². The van der Waals surface area contributed by atoms with Gasteiger partial charge in [-0.2, -0.15) is 0 Å². The van der Waals surface area contributed by atoms with Crippen molar-refractivity contribution >= 4 is 21.2 Å². The first kappa shape index (κ1) is 25.8. The summed E-state index contributed by atoms with van der Waals surface area (Å²) in [5, 5.41) is 14.5. The lowest BCUT2D eigenvalue weighted by atomic mass is 10.1. The number of nitrogens with zero attached hydrogens (tertiary/aromatic N) is 1. The van der Waals surface area contributed by atoms with Gasteiger partial charge in [0.1, 0.15) is 6.04 Å². The minimum Gasteiger partial charge on any atom is -0.480 e. The summed E-state index contributed by atoms with van der Waals surface area (Å²) in [7, 11) is -10.8. The normalized spacial score (nSPS) is 13.4. The molecule has 0 aliphatic rings. The van der Waals surface area contributed by atoms with Crippen LogP contribution in [0, 0.1) is 0 Å². The molecule has 0 spiro atoms. The van der Waals surface area contributed by atoms with Gasteiger partial charge < -0.3 is 41.3 Å². The Labute approximate surface area is 155 Å². The number of carboxylic acid groups (broad SMARTS) is 1. The number of pyridine rings is 1. The van der Waals surface area contributed by atoms with Gasteiger partial charge in [0.25, 0.3) is 5.08 Å². The van der Waals surface area contributed by atoms with Gasteiger partial charge in [-0.25, -0.2) is 0 Å². The Kier molecular flexibility index (Phi) is 10.5. The van der Waals surface area contributed by atoms with Gasteiger partial charge in [0.2, 0.25) is 0 Å². The monoisotopic (exact) mass is 429 g/mol. The zero-order valence-electron chi connectivity index (χ0n) is 14.3. The molecule has 27 heavy (non-hydrogen) atoms. The van der Waals surface area contributed by atoms with Crippen LogP contribution in [0.4, 0.5) is 0 Å². The average Bonchev–Trinajstić information content (AvgIpc) is 2.54. The molecule has 1 aromatic rings. The molecular formula is C13H25N3O9P2. The maximum atomic E-state index is 11.0. The number of hydrogen-bond donors (Lipinski definition) is 8. The van der Waals surface area contributed by atoms with Crippen molar-refractivity contribution in [2.75, 3.05) is 6.54 Å². The summed E-state index contributed by atoms with van der Waals surface area (Å²) in [6.45, 7) is 0.604. The number of aliphatic hydroxyl groups is 1. The molecule has 0 aliphatic heterocycles. The molecule has 0 saturated heterocycles. The molecular weight excluding hydrogens is 404 g/mol. The molecule has 10 N–H and O–H groups in total. The highest BCUT2D eigenvalue weighted by Gasteiger charge is 2.59. The maximum absolute atomic E-state index is 11.0. The zero-order valence-corrected chi connectivity index (χ0v) is 16.1. The van der Waals surface area contributed by atoms with E-state index in [1.807, 2.05) is 0 Å². The van der Waals surface area contributed by atoms with Gasteiger partial charge in [-0.3, -0.25) is 18.9 Å². The third-order valence-corrected chi connectivity index (χ3v) is 7.13. The average molecular weight is 429 g/mol. The Morgan fingerprint density at radius 1 is 1.19 bits per heavy atom. The first-order valence-electron chi connectivity index (χ1n) is 7.67. The summed E-state index contributed by atoms with van der Waals surface area (Å²) in [6, 6.07) is 2.03. The Balaban J connectivity index is 0.000000580. The molecule has 0 radical (unpaired) electrons. The van der Waals surface area contributed by atoms with E-state index in [1.165, 1.54) is 18.3 Å². The second kappa shape index (κ2) is 11.0. The lowest BCUT2D eigenvalue weighted by Gasteiger charge is -2.29. The molecule has 1 unspecified atom stereocenters. The Morgan fingerprint density at radius 3 is 2.11 bits per heavy atom. The first-order valence-corrected chi connectivity index (χ1v) is 10.9. The molecule has 1 atom stereocenters. The smallest absolute Gasteiger partial charge is 0.369 e. The fraction of sp³-hybridized carbons (Fsp3) is 0.538. The van der Waals surface area contributed by atoms with Crippen molar-refractivity contribution in [3.05, 3.63) is 30.1 Å². The maximum Gasteiger partial charge on any atom is 0.369 e. The summed E-state index contributed by atoms with van der Waals surface area (Å²) in [4.78, 5) is 49.3. The number of rotatable bonds is 9. The van der Waals surface area contributed by atoms with Gasteiger partial charge in [0.05, 0.1) is 0 Å². The predicted molar refractivity (Wildman–Crippen MR) is 95.5 cm³/mol. The van der Waals surface area contributed by atoms with Crippen LogP contribution < -0.4 is 11.5 Å². The lowest BCUT2D eigenvalue weighted by molar-refractivity contribution is -0.138. The van der Waals surface area contributed by atoms with E-state index < -0.39 is 38.7 Å².